The highest BCUT2D eigenvalue weighted by atomic mass is 32.1. The summed E-state index contributed by atoms with van der Waals surface area (Å²) in [6, 6.07) is 7.75. The first-order valence-corrected chi connectivity index (χ1v) is 5.15. The molecule has 0 saturated heterocycles. The molecule has 0 unspecified atom stereocenters. The SMILES string of the molecule is COCc1ccccc1-n1c(N)n[nH]c1=S. The highest BCUT2D eigenvalue weighted by molar-refractivity contribution is 7.71. The van der Waals surface area contributed by atoms with E-state index in [1.807, 2.05) is 24.3 Å². The molecule has 0 spiro atoms. The van der Waals surface area contributed by atoms with Gasteiger partial charge in [0.2, 0.25) is 10.7 Å². The van der Waals surface area contributed by atoms with E-state index in [-0.39, 0.29) is 0 Å². The Kier molecular flexibility index (Phi) is 3.02. The molecule has 1 aromatic heterocycles. The number of hydrogen-bond acceptors (Lipinski definition) is 4. The number of ether oxygens (including phenoxy) is 1. The second kappa shape index (κ2) is 4.46. The second-order valence-corrected chi connectivity index (χ2v) is 3.67. The number of benzene rings is 1. The van der Waals surface area contributed by atoms with Gasteiger partial charge < -0.3 is 10.5 Å². The van der Waals surface area contributed by atoms with E-state index >= 15 is 0 Å². The minimum atomic E-state index is 0.341. The predicted molar refractivity (Wildman–Crippen MR) is 63.9 cm³/mol. The van der Waals surface area contributed by atoms with Gasteiger partial charge in [-0.15, -0.1) is 5.10 Å². The summed E-state index contributed by atoms with van der Waals surface area (Å²) >= 11 is 5.12. The molecular formula is C10H12N4OS. The first-order valence-electron chi connectivity index (χ1n) is 4.74. The topological polar surface area (TPSA) is 68.9 Å². The molecule has 0 aliphatic rings. The van der Waals surface area contributed by atoms with Gasteiger partial charge in [0.25, 0.3) is 0 Å². The zero-order valence-corrected chi connectivity index (χ0v) is 9.62. The van der Waals surface area contributed by atoms with Crippen LogP contribution in [0.3, 0.4) is 0 Å². The van der Waals surface area contributed by atoms with Crippen molar-refractivity contribution in [1.82, 2.24) is 14.8 Å². The number of hydrogen-bond donors (Lipinski definition) is 2. The molecule has 1 aromatic carbocycles. The molecule has 6 heteroatoms. The lowest BCUT2D eigenvalue weighted by Crippen LogP contribution is -2.04. The van der Waals surface area contributed by atoms with Crippen LogP contribution in [0.4, 0.5) is 5.95 Å². The smallest absolute Gasteiger partial charge is 0.225 e. The van der Waals surface area contributed by atoms with Gasteiger partial charge in [0, 0.05) is 12.7 Å². The van der Waals surface area contributed by atoms with Gasteiger partial charge in [-0.3, -0.25) is 4.57 Å². The van der Waals surface area contributed by atoms with Gasteiger partial charge in [0.15, 0.2) is 0 Å². The summed E-state index contributed by atoms with van der Waals surface area (Å²) in [4.78, 5) is 0. The number of nitrogen functional groups attached to an aromatic ring is 1. The van der Waals surface area contributed by atoms with E-state index in [9.17, 15) is 0 Å². The molecule has 0 aliphatic heterocycles. The highest BCUT2D eigenvalue weighted by Gasteiger charge is 2.08. The van der Waals surface area contributed by atoms with Crippen molar-refractivity contribution in [3.8, 4) is 5.69 Å². The maximum atomic E-state index is 5.75. The number of H-pyrrole nitrogens is 1. The number of methoxy groups -OCH3 is 1. The maximum Gasteiger partial charge on any atom is 0.225 e. The lowest BCUT2D eigenvalue weighted by atomic mass is 10.2. The molecule has 2 rings (SSSR count). The van der Waals surface area contributed by atoms with E-state index in [0.717, 1.165) is 11.3 Å². The van der Waals surface area contributed by atoms with Crippen LogP contribution in [0.1, 0.15) is 5.56 Å². The molecule has 0 saturated carbocycles. The molecule has 0 atom stereocenters. The van der Waals surface area contributed by atoms with Crippen LogP contribution < -0.4 is 5.73 Å². The number of anilines is 1. The van der Waals surface area contributed by atoms with E-state index in [2.05, 4.69) is 10.2 Å². The van der Waals surface area contributed by atoms with Gasteiger partial charge in [0.05, 0.1) is 12.3 Å². The van der Waals surface area contributed by atoms with E-state index in [1.54, 1.807) is 11.7 Å². The Hall–Kier alpha value is -1.66. The fourth-order valence-electron chi connectivity index (χ4n) is 1.55. The second-order valence-electron chi connectivity index (χ2n) is 3.28. The lowest BCUT2D eigenvalue weighted by Gasteiger charge is -2.09. The molecule has 0 radical (unpaired) electrons. The average Bonchev–Trinajstić information content (AvgIpc) is 2.60. The van der Waals surface area contributed by atoms with Crippen LogP contribution in [-0.4, -0.2) is 21.9 Å². The molecule has 5 nitrogen and oxygen atoms in total. The maximum absolute atomic E-state index is 5.75. The van der Waals surface area contributed by atoms with Crippen molar-refractivity contribution in [3.05, 3.63) is 34.6 Å². The van der Waals surface area contributed by atoms with Crippen LogP contribution in [0, 0.1) is 4.77 Å². The summed E-state index contributed by atoms with van der Waals surface area (Å²) in [6.45, 7) is 0.503. The van der Waals surface area contributed by atoms with Crippen molar-refractivity contribution in [1.29, 1.82) is 0 Å². The quantitative estimate of drug-likeness (QED) is 0.795. The first-order chi connectivity index (χ1) is 7.74. The number of aromatic amines is 1. The number of para-hydroxylation sites is 1. The molecule has 3 N–H and O–H groups in total. The Balaban J connectivity index is 2.60. The molecule has 2 aromatic rings. The van der Waals surface area contributed by atoms with Gasteiger partial charge in [-0.1, -0.05) is 18.2 Å². The van der Waals surface area contributed by atoms with Crippen molar-refractivity contribution in [3.63, 3.8) is 0 Å². The molecule has 0 fully saturated rings. The molecule has 84 valence electrons. The molecule has 1 heterocycles. The number of aromatic nitrogens is 3. The third-order valence-electron chi connectivity index (χ3n) is 2.23. The summed E-state index contributed by atoms with van der Waals surface area (Å²) in [6.07, 6.45) is 0. The molecule has 0 bridgehead atoms. The number of rotatable bonds is 3. The molecular weight excluding hydrogens is 224 g/mol. The van der Waals surface area contributed by atoms with E-state index in [1.165, 1.54) is 0 Å². The Morgan fingerprint density at radius 3 is 2.88 bits per heavy atom. The van der Waals surface area contributed by atoms with Crippen LogP contribution in [0.25, 0.3) is 5.69 Å². The van der Waals surface area contributed by atoms with Gasteiger partial charge in [-0.05, 0) is 18.3 Å². The summed E-state index contributed by atoms with van der Waals surface area (Å²) in [7, 11) is 1.65. The minimum absolute atomic E-state index is 0.341. The summed E-state index contributed by atoms with van der Waals surface area (Å²) in [5, 5.41) is 6.53. The van der Waals surface area contributed by atoms with Crippen LogP contribution in [-0.2, 0) is 11.3 Å². The zero-order valence-electron chi connectivity index (χ0n) is 8.80. The first kappa shape index (κ1) is 10.8. The molecule has 0 aliphatic carbocycles. The molecule has 0 amide bonds. The van der Waals surface area contributed by atoms with Gasteiger partial charge in [0.1, 0.15) is 0 Å². The van der Waals surface area contributed by atoms with Crippen molar-refractivity contribution in [2.45, 2.75) is 6.61 Å². The largest absolute Gasteiger partial charge is 0.380 e. The van der Waals surface area contributed by atoms with Gasteiger partial charge in [-0.2, -0.15) is 0 Å². The highest BCUT2D eigenvalue weighted by Crippen LogP contribution is 2.18. The Labute approximate surface area is 97.9 Å². The normalized spacial score (nSPS) is 10.6. The standard InChI is InChI=1S/C10H12N4OS/c1-15-6-7-4-2-3-5-8(7)14-9(11)12-13-10(14)16/h2-5H,6H2,1H3,(H2,11,12)(H,13,16). The minimum Gasteiger partial charge on any atom is -0.380 e. The molecule has 16 heavy (non-hydrogen) atoms. The third-order valence-corrected chi connectivity index (χ3v) is 2.50. The number of nitrogens with zero attached hydrogens (tertiary/aromatic N) is 2. The summed E-state index contributed by atoms with van der Waals surface area (Å²) < 4.78 is 7.28. The number of nitrogens with two attached hydrogens (primary N) is 1. The van der Waals surface area contributed by atoms with E-state index in [0.29, 0.717) is 17.3 Å². The van der Waals surface area contributed by atoms with Crippen LogP contribution in [0.15, 0.2) is 24.3 Å². The predicted octanol–water partition coefficient (Wildman–Crippen LogP) is 1.66. The lowest BCUT2D eigenvalue weighted by molar-refractivity contribution is 0.185. The van der Waals surface area contributed by atoms with Crippen LogP contribution >= 0.6 is 12.2 Å². The summed E-state index contributed by atoms with van der Waals surface area (Å²) in [5.41, 5.74) is 7.65. The van der Waals surface area contributed by atoms with Gasteiger partial charge in [-0.25, -0.2) is 5.10 Å². The Bertz CT molecular complexity index is 546. The Morgan fingerprint density at radius 1 is 1.50 bits per heavy atom. The van der Waals surface area contributed by atoms with Crippen LogP contribution in [0.2, 0.25) is 0 Å². The monoisotopic (exact) mass is 236 g/mol. The van der Waals surface area contributed by atoms with E-state index in [4.69, 9.17) is 22.7 Å². The summed E-state index contributed by atoms with van der Waals surface area (Å²) in [5.74, 6) is 0.341. The zero-order chi connectivity index (χ0) is 11.5. The van der Waals surface area contributed by atoms with Crippen LogP contribution in [0.5, 0.6) is 0 Å². The fraction of sp³-hybridized carbons (Fsp3) is 0.200. The fourth-order valence-corrected chi connectivity index (χ4v) is 1.79. The van der Waals surface area contributed by atoms with Crippen molar-refractivity contribution >= 4 is 18.2 Å². The Morgan fingerprint density at radius 2 is 2.25 bits per heavy atom. The number of nitrogens with one attached hydrogen (secondary N) is 1. The van der Waals surface area contributed by atoms with Crippen molar-refractivity contribution in [2.75, 3.05) is 12.8 Å². The van der Waals surface area contributed by atoms with Crippen molar-refractivity contribution < 1.29 is 4.74 Å². The van der Waals surface area contributed by atoms with E-state index < -0.39 is 0 Å². The average molecular weight is 236 g/mol. The van der Waals surface area contributed by atoms with Gasteiger partial charge >= 0.3 is 0 Å². The third kappa shape index (κ3) is 1.84. The van der Waals surface area contributed by atoms with Crippen molar-refractivity contribution in [2.24, 2.45) is 0 Å².